The molecule has 0 aliphatic carbocycles. The van der Waals surface area contributed by atoms with Gasteiger partial charge in [0.15, 0.2) is 0 Å². The predicted molar refractivity (Wildman–Crippen MR) is 82.0 cm³/mol. The van der Waals surface area contributed by atoms with Crippen LogP contribution in [-0.2, 0) is 0 Å². The Labute approximate surface area is 126 Å². The van der Waals surface area contributed by atoms with Gasteiger partial charge in [0.2, 0.25) is 0 Å². The van der Waals surface area contributed by atoms with E-state index in [-0.39, 0.29) is 12.5 Å². The van der Waals surface area contributed by atoms with Crippen LogP contribution in [0.2, 0.25) is 0 Å². The van der Waals surface area contributed by atoms with Gasteiger partial charge in [-0.3, -0.25) is 4.79 Å². The van der Waals surface area contributed by atoms with E-state index >= 15 is 0 Å². The fourth-order valence-corrected chi connectivity index (χ4v) is 2.40. The number of anilines is 1. The van der Waals surface area contributed by atoms with Gasteiger partial charge in [-0.1, -0.05) is 17.9 Å². The van der Waals surface area contributed by atoms with Gasteiger partial charge in [0.1, 0.15) is 5.82 Å². The van der Waals surface area contributed by atoms with Gasteiger partial charge in [-0.15, -0.1) is 11.3 Å². The molecule has 0 bridgehead atoms. The summed E-state index contributed by atoms with van der Waals surface area (Å²) in [7, 11) is 0. The molecule has 2 rings (SSSR count). The molecule has 1 aromatic carbocycles. The fraction of sp³-hybridized carbons (Fsp3) is 0.188. The molecule has 108 valence electrons. The molecule has 0 aliphatic heterocycles. The van der Waals surface area contributed by atoms with Crippen LogP contribution in [0.5, 0.6) is 0 Å². The maximum absolute atomic E-state index is 13.2. The molecule has 2 N–H and O–H groups in total. The van der Waals surface area contributed by atoms with E-state index in [0.29, 0.717) is 17.7 Å². The van der Waals surface area contributed by atoms with Crippen LogP contribution in [0.25, 0.3) is 0 Å². The Morgan fingerprint density at radius 2 is 2.24 bits per heavy atom. The monoisotopic (exact) mass is 303 g/mol. The number of aliphatic hydroxyl groups excluding tert-OH is 1. The van der Waals surface area contributed by atoms with Crippen molar-refractivity contribution in [1.82, 2.24) is 0 Å². The van der Waals surface area contributed by atoms with Gasteiger partial charge < -0.3 is 10.4 Å². The van der Waals surface area contributed by atoms with E-state index < -0.39 is 5.82 Å². The van der Waals surface area contributed by atoms with Crippen LogP contribution in [0, 0.1) is 24.6 Å². The standard InChI is InChI=1S/C16H14FNO2S/c1-11-5-6-13(17)9-15(11)18-16(20)12-8-14(21-10-12)4-2-3-7-19/h5-6,8-10,19H,3,7H2,1H3,(H,18,20). The number of halogens is 1. The highest BCUT2D eigenvalue weighted by Gasteiger charge is 2.10. The third-order valence-electron chi connectivity index (χ3n) is 2.76. The zero-order valence-corrected chi connectivity index (χ0v) is 12.3. The number of amides is 1. The zero-order valence-electron chi connectivity index (χ0n) is 11.4. The molecule has 2 aromatic rings. The van der Waals surface area contributed by atoms with Crippen LogP contribution in [-0.4, -0.2) is 17.6 Å². The molecule has 1 aromatic heterocycles. The predicted octanol–water partition coefficient (Wildman–Crippen LogP) is 3.18. The third-order valence-corrected chi connectivity index (χ3v) is 3.60. The van der Waals surface area contributed by atoms with E-state index in [1.165, 1.54) is 23.5 Å². The van der Waals surface area contributed by atoms with E-state index in [1.54, 1.807) is 24.4 Å². The maximum Gasteiger partial charge on any atom is 0.256 e. The number of carbonyl (C=O) groups excluding carboxylic acids is 1. The van der Waals surface area contributed by atoms with Crippen molar-refractivity contribution in [2.45, 2.75) is 13.3 Å². The first kappa shape index (κ1) is 15.2. The van der Waals surface area contributed by atoms with Crippen LogP contribution in [0.4, 0.5) is 10.1 Å². The van der Waals surface area contributed by atoms with E-state index in [2.05, 4.69) is 17.2 Å². The highest BCUT2D eigenvalue weighted by molar-refractivity contribution is 7.10. The Kier molecular flexibility index (Phi) is 5.09. The van der Waals surface area contributed by atoms with Gasteiger partial charge in [-0.25, -0.2) is 4.39 Å². The van der Waals surface area contributed by atoms with Gasteiger partial charge in [0, 0.05) is 17.5 Å². The summed E-state index contributed by atoms with van der Waals surface area (Å²) in [6.07, 6.45) is 0.405. The van der Waals surface area contributed by atoms with Crippen molar-refractivity contribution in [3.63, 3.8) is 0 Å². The fourth-order valence-electron chi connectivity index (χ4n) is 1.65. The number of aliphatic hydroxyl groups is 1. The average molecular weight is 303 g/mol. The molecule has 0 saturated heterocycles. The molecule has 0 unspecified atom stereocenters. The second-order valence-corrected chi connectivity index (χ2v) is 5.30. The topological polar surface area (TPSA) is 49.3 Å². The normalized spacial score (nSPS) is 9.86. The molecule has 0 fully saturated rings. The highest BCUT2D eigenvalue weighted by Crippen LogP contribution is 2.19. The third kappa shape index (κ3) is 4.15. The molecular formula is C16H14FNO2S. The summed E-state index contributed by atoms with van der Waals surface area (Å²) in [6.45, 7) is 1.82. The van der Waals surface area contributed by atoms with Gasteiger partial charge >= 0.3 is 0 Å². The summed E-state index contributed by atoms with van der Waals surface area (Å²) in [5.74, 6) is 4.98. The SMILES string of the molecule is Cc1ccc(F)cc1NC(=O)c1csc(C#CCCO)c1. The minimum absolute atomic E-state index is 0.0184. The molecule has 1 amide bonds. The molecule has 0 atom stereocenters. The zero-order chi connectivity index (χ0) is 15.2. The molecule has 3 nitrogen and oxygen atoms in total. The van der Waals surface area contributed by atoms with Gasteiger partial charge in [0.25, 0.3) is 5.91 Å². The van der Waals surface area contributed by atoms with Crippen molar-refractivity contribution < 1.29 is 14.3 Å². The Morgan fingerprint density at radius 1 is 1.43 bits per heavy atom. The van der Waals surface area contributed by atoms with Gasteiger partial charge in [-0.05, 0) is 30.7 Å². The van der Waals surface area contributed by atoms with Crippen LogP contribution < -0.4 is 5.32 Å². The summed E-state index contributed by atoms with van der Waals surface area (Å²) in [5.41, 5.74) is 1.74. The van der Waals surface area contributed by atoms with Crippen LogP contribution in [0.1, 0.15) is 27.2 Å². The number of nitrogens with one attached hydrogen (secondary N) is 1. The lowest BCUT2D eigenvalue weighted by atomic mass is 10.2. The minimum atomic E-state index is -0.392. The molecule has 1 heterocycles. The molecule has 0 aliphatic rings. The van der Waals surface area contributed by atoms with Crippen molar-refractivity contribution in [2.75, 3.05) is 11.9 Å². The van der Waals surface area contributed by atoms with Crippen LogP contribution in [0.3, 0.4) is 0 Å². The van der Waals surface area contributed by atoms with Gasteiger partial charge in [-0.2, -0.15) is 0 Å². The number of rotatable bonds is 3. The number of hydrogen-bond donors (Lipinski definition) is 2. The van der Waals surface area contributed by atoms with Crippen LogP contribution in [0.15, 0.2) is 29.6 Å². The molecule has 0 spiro atoms. The quantitative estimate of drug-likeness (QED) is 0.856. The van der Waals surface area contributed by atoms with E-state index in [0.717, 1.165) is 10.4 Å². The van der Waals surface area contributed by atoms with Crippen LogP contribution >= 0.6 is 11.3 Å². The lowest BCUT2D eigenvalue weighted by Gasteiger charge is -2.07. The number of aryl methyl sites for hydroxylation is 1. The largest absolute Gasteiger partial charge is 0.395 e. The molecule has 5 heteroatoms. The highest BCUT2D eigenvalue weighted by atomic mass is 32.1. The second-order valence-electron chi connectivity index (χ2n) is 4.39. The summed E-state index contributed by atoms with van der Waals surface area (Å²) < 4.78 is 13.2. The number of hydrogen-bond acceptors (Lipinski definition) is 3. The average Bonchev–Trinajstić information content (AvgIpc) is 2.92. The summed E-state index contributed by atoms with van der Waals surface area (Å²) in [4.78, 5) is 12.9. The molecule has 21 heavy (non-hydrogen) atoms. The number of carbonyl (C=O) groups is 1. The molecule has 0 saturated carbocycles. The lowest BCUT2D eigenvalue weighted by molar-refractivity contribution is 0.102. The second kappa shape index (κ2) is 7.02. The van der Waals surface area contributed by atoms with Crippen molar-refractivity contribution in [2.24, 2.45) is 0 Å². The smallest absolute Gasteiger partial charge is 0.256 e. The summed E-state index contributed by atoms with van der Waals surface area (Å²) >= 11 is 1.36. The maximum atomic E-state index is 13.2. The van der Waals surface area contributed by atoms with Crippen molar-refractivity contribution in [3.8, 4) is 11.8 Å². The van der Waals surface area contributed by atoms with Gasteiger partial charge in [0.05, 0.1) is 17.0 Å². The van der Waals surface area contributed by atoms with E-state index in [1.807, 2.05) is 0 Å². The minimum Gasteiger partial charge on any atom is -0.395 e. The Bertz CT molecular complexity index is 713. The Hall–Kier alpha value is -2.16. The first-order chi connectivity index (χ1) is 10.1. The molecule has 0 radical (unpaired) electrons. The van der Waals surface area contributed by atoms with E-state index in [9.17, 15) is 9.18 Å². The molecular weight excluding hydrogens is 289 g/mol. The first-order valence-corrected chi connectivity index (χ1v) is 7.24. The first-order valence-electron chi connectivity index (χ1n) is 6.36. The Balaban J connectivity index is 2.11. The summed E-state index contributed by atoms with van der Waals surface area (Å²) in [5, 5.41) is 13.0. The lowest BCUT2D eigenvalue weighted by Crippen LogP contribution is -2.12. The van der Waals surface area contributed by atoms with E-state index in [4.69, 9.17) is 5.11 Å². The number of benzene rings is 1. The van der Waals surface area contributed by atoms with Crippen molar-refractivity contribution in [3.05, 3.63) is 51.5 Å². The van der Waals surface area contributed by atoms with Crippen molar-refractivity contribution in [1.29, 1.82) is 0 Å². The van der Waals surface area contributed by atoms with Crippen molar-refractivity contribution >= 4 is 22.9 Å². The summed E-state index contributed by atoms with van der Waals surface area (Å²) in [6, 6.07) is 5.94. The Morgan fingerprint density at radius 3 is 3.00 bits per heavy atom. The number of thiophene rings is 1.